The van der Waals surface area contributed by atoms with Crippen molar-refractivity contribution in [3.8, 4) is 17.2 Å². The minimum atomic E-state index is -0.400. The van der Waals surface area contributed by atoms with Crippen molar-refractivity contribution in [2.24, 2.45) is 5.10 Å². The van der Waals surface area contributed by atoms with E-state index in [4.69, 9.17) is 9.47 Å². The van der Waals surface area contributed by atoms with Crippen LogP contribution in [0.5, 0.6) is 17.2 Å². The number of aryl methyl sites for hydroxylation is 2. The summed E-state index contributed by atoms with van der Waals surface area (Å²) in [5.41, 5.74) is 4.72. The van der Waals surface area contributed by atoms with E-state index in [1.165, 1.54) is 6.21 Å². The summed E-state index contributed by atoms with van der Waals surface area (Å²) in [6.07, 6.45) is 1.35. The molecule has 0 spiro atoms. The molecule has 0 unspecified atom stereocenters. The molecule has 0 atom stereocenters. The van der Waals surface area contributed by atoms with Gasteiger partial charge in [-0.2, -0.15) is 5.10 Å². The zero-order valence-electron chi connectivity index (χ0n) is 14.9. The molecule has 6 nitrogen and oxygen atoms in total. The second-order valence-electron chi connectivity index (χ2n) is 5.58. The second kappa shape index (κ2) is 9.24. The molecule has 26 heavy (non-hydrogen) atoms. The van der Waals surface area contributed by atoms with E-state index in [-0.39, 0.29) is 12.4 Å². The van der Waals surface area contributed by atoms with Gasteiger partial charge in [0.05, 0.1) is 12.8 Å². The Balaban J connectivity index is 1.97. The summed E-state index contributed by atoms with van der Waals surface area (Å²) < 4.78 is 11.6. The van der Waals surface area contributed by atoms with Gasteiger partial charge in [-0.1, -0.05) is 34.1 Å². The van der Waals surface area contributed by atoms with E-state index in [1.807, 2.05) is 39.0 Å². The number of carbonyl (C=O) groups excluding carboxylic acids is 1. The summed E-state index contributed by atoms with van der Waals surface area (Å²) in [6, 6.07) is 9.10. The number of phenolic OH excluding ortho intramolecular Hbond substituents is 1. The number of para-hydroxylation sites is 1. The predicted molar refractivity (Wildman–Crippen MR) is 104 cm³/mol. The zero-order valence-corrected chi connectivity index (χ0v) is 16.5. The predicted octanol–water partition coefficient (Wildman–Crippen LogP) is 3.70. The summed E-state index contributed by atoms with van der Waals surface area (Å²) in [5.74, 6) is 0.592. The highest BCUT2D eigenvalue weighted by molar-refractivity contribution is 9.10. The van der Waals surface area contributed by atoms with Crippen LogP contribution >= 0.6 is 15.9 Å². The van der Waals surface area contributed by atoms with Gasteiger partial charge in [0, 0.05) is 10.0 Å². The topological polar surface area (TPSA) is 80.2 Å². The SMILES string of the molecule is CCOc1cc(Br)cc(/C=N\NC(=O)COc2c(C)cccc2C)c1O. The van der Waals surface area contributed by atoms with Gasteiger partial charge in [-0.05, 0) is 44.0 Å². The Labute approximate surface area is 161 Å². The van der Waals surface area contributed by atoms with Crippen LogP contribution in [0.15, 0.2) is 39.9 Å². The molecule has 138 valence electrons. The van der Waals surface area contributed by atoms with Crippen LogP contribution in [0.2, 0.25) is 0 Å². The molecule has 7 heteroatoms. The fraction of sp³-hybridized carbons (Fsp3) is 0.263. The molecule has 2 aromatic rings. The van der Waals surface area contributed by atoms with Crippen molar-refractivity contribution in [1.29, 1.82) is 0 Å². The van der Waals surface area contributed by atoms with Crippen molar-refractivity contribution >= 4 is 28.1 Å². The Bertz CT molecular complexity index is 801. The first-order valence-electron chi connectivity index (χ1n) is 8.08. The van der Waals surface area contributed by atoms with Crippen molar-refractivity contribution in [2.75, 3.05) is 13.2 Å². The van der Waals surface area contributed by atoms with Crippen LogP contribution in [-0.4, -0.2) is 30.4 Å². The summed E-state index contributed by atoms with van der Waals surface area (Å²) in [4.78, 5) is 11.9. The molecule has 2 N–H and O–H groups in total. The Kier molecular flexibility index (Phi) is 7.03. The van der Waals surface area contributed by atoms with Crippen LogP contribution in [0, 0.1) is 13.8 Å². The molecule has 0 saturated heterocycles. The Morgan fingerprint density at radius 1 is 1.27 bits per heavy atom. The number of amides is 1. The van der Waals surface area contributed by atoms with E-state index in [1.54, 1.807) is 12.1 Å². The number of phenols is 1. The summed E-state index contributed by atoms with van der Waals surface area (Å²) in [6.45, 7) is 5.93. The minimum Gasteiger partial charge on any atom is -0.504 e. The molecule has 2 aromatic carbocycles. The molecular weight excluding hydrogens is 400 g/mol. The minimum absolute atomic E-state index is 0.0418. The zero-order chi connectivity index (χ0) is 19.1. The summed E-state index contributed by atoms with van der Waals surface area (Å²) in [7, 11) is 0. The van der Waals surface area contributed by atoms with Gasteiger partial charge in [-0.15, -0.1) is 0 Å². The lowest BCUT2D eigenvalue weighted by atomic mass is 10.1. The molecule has 0 bridgehead atoms. The molecule has 0 aliphatic heterocycles. The highest BCUT2D eigenvalue weighted by atomic mass is 79.9. The smallest absolute Gasteiger partial charge is 0.277 e. The van der Waals surface area contributed by atoms with Gasteiger partial charge in [0.25, 0.3) is 5.91 Å². The Morgan fingerprint density at radius 3 is 2.62 bits per heavy atom. The van der Waals surface area contributed by atoms with Gasteiger partial charge in [-0.25, -0.2) is 5.43 Å². The third kappa shape index (κ3) is 5.23. The summed E-state index contributed by atoms with van der Waals surface area (Å²) in [5, 5.41) is 14.0. The van der Waals surface area contributed by atoms with E-state index in [0.29, 0.717) is 23.7 Å². The van der Waals surface area contributed by atoms with Crippen molar-refractivity contribution in [2.45, 2.75) is 20.8 Å². The number of carbonyl (C=O) groups is 1. The van der Waals surface area contributed by atoms with E-state index in [9.17, 15) is 9.90 Å². The Hall–Kier alpha value is -2.54. The van der Waals surface area contributed by atoms with Gasteiger partial charge < -0.3 is 14.6 Å². The lowest BCUT2D eigenvalue weighted by Gasteiger charge is -2.11. The largest absolute Gasteiger partial charge is 0.504 e. The number of hydrazone groups is 1. The first-order chi connectivity index (χ1) is 12.4. The number of aromatic hydroxyl groups is 1. The lowest BCUT2D eigenvalue weighted by Crippen LogP contribution is -2.25. The van der Waals surface area contributed by atoms with Crippen molar-refractivity contribution < 1.29 is 19.4 Å². The van der Waals surface area contributed by atoms with Gasteiger partial charge in [0.2, 0.25) is 0 Å². The monoisotopic (exact) mass is 420 g/mol. The third-order valence-corrected chi connectivity index (χ3v) is 3.98. The van der Waals surface area contributed by atoms with Crippen LogP contribution in [0.4, 0.5) is 0 Å². The number of halogens is 1. The van der Waals surface area contributed by atoms with Crippen LogP contribution in [0.3, 0.4) is 0 Å². The molecule has 0 aromatic heterocycles. The van der Waals surface area contributed by atoms with Crippen LogP contribution in [0.1, 0.15) is 23.6 Å². The molecular formula is C19H21BrN2O4. The average Bonchev–Trinajstić information content (AvgIpc) is 2.58. The standard InChI is InChI=1S/C19H21BrN2O4/c1-4-25-16-9-15(20)8-14(18(16)24)10-21-22-17(23)11-26-19-12(2)6-5-7-13(19)3/h5-10,24H,4,11H2,1-3H3,(H,22,23)/b21-10-. The van der Waals surface area contributed by atoms with E-state index >= 15 is 0 Å². The number of hydrogen-bond acceptors (Lipinski definition) is 5. The first-order valence-corrected chi connectivity index (χ1v) is 8.88. The van der Waals surface area contributed by atoms with Gasteiger partial charge in [-0.3, -0.25) is 4.79 Å². The number of ether oxygens (including phenoxy) is 2. The molecule has 0 saturated carbocycles. The van der Waals surface area contributed by atoms with Crippen LogP contribution in [0.25, 0.3) is 0 Å². The number of nitrogens with one attached hydrogen (secondary N) is 1. The average molecular weight is 421 g/mol. The molecule has 0 aliphatic carbocycles. The highest BCUT2D eigenvalue weighted by Crippen LogP contribution is 2.32. The Morgan fingerprint density at radius 2 is 1.96 bits per heavy atom. The molecule has 0 fully saturated rings. The van der Waals surface area contributed by atoms with E-state index in [0.717, 1.165) is 15.6 Å². The molecule has 1 amide bonds. The number of nitrogens with zero attached hydrogens (tertiary/aromatic N) is 1. The number of rotatable bonds is 7. The molecule has 2 rings (SSSR count). The van der Waals surface area contributed by atoms with E-state index < -0.39 is 5.91 Å². The molecule has 0 heterocycles. The molecule has 0 aliphatic rings. The summed E-state index contributed by atoms with van der Waals surface area (Å²) >= 11 is 3.34. The fourth-order valence-corrected chi connectivity index (χ4v) is 2.78. The molecule has 0 radical (unpaired) electrons. The van der Waals surface area contributed by atoms with E-state index in [2.05, 4.69) is 26.5 Å². The van der Waals surface area contributed by atoms with Gasteiger partial charge in [0.1, 0.15) is 5.75 Å². The van der Waals surface area contributed by atoms with Crippen LogP contribution in [-0.2, 0) is 4.79 Å². The third-order valence-electron chi connectivity index (χ3n) is 3.52. The van der Waals surface area contributed by atoms with Crippen molar-refractivity contribution in [1.82, 2.24) is 5.43 Å². The maximum absolute atomic E-state index is 11.9. The maximum Gasteiger partial charge on any atom is 0.277 e. The van der Waals surface area contributed by atoms with Crippen molar-refractivity contribution in [3.05, 3.63) is 51.5 Å². The first kappa shape index (κ1) is 19.8. The van der Waals surface area contributed by atoms with Gasteiger partial charge >= 0.3 is 0 Å². The number of benzene rings is 2. The fourth-order valence-electron chi connectivity index (χ4n) is 2.33. The van der Waals surface area contributed by atoms with Gasteiger partial charge in [0.15, 0.2) is 18.1 Å². The second-order valence-corrected chi connectivity index (χ2v) is 6.49. The highest BCUT2D eigenvalue weighted by Gasteiger charge is 2.10. The lowest BCUT2D eigenvalue weighted by molar-refractivity contribution is -0.123. The van der Waals surface area contributed by atoms with Crippen molar-refractivity contribution in [3.63, 3.8) is 0 Å². The maximum atomic E-state index is 11.9. The van der Waals surface area contributed by atoms with Crippen LogP contribution < -0.4 is 14.9 Å². The quantitative estimate of drug-likeness (QED) is 0.528. The number of hydrogen-bond donors (Lipinski definition) is 2. The normalized spacial score (nSPS) is 10.8.